The summed E-state index contributed by atoms with van der Waals surface area (Å²) in [6, 6.07) is 8.44. The lowest BCUT2D eigenvalue weighted by Crippen LogP contribution is -2.32. The SMILES string of the molecule is COCCNCCNC(=O)CCCc1csc2ccccc12.Cl. The molecule has 1 amide bonds. The van der Waals surface area contributed by atoms with E-state index in [1.807, 2.05) is 0 Å². The van der Waals surface area contributed by atoms with Crippen molar-refractivity contribution in [2.75, 3.05) is 33.4 Å². The van der Waals surface area contributed by atoms with Crippen LogP contribution in [0.25, 0.3) is 10.1 Å². The smallest absolute Gasteiger partial charge is 0.220 e. The lowest BCUT2D eigenvalue weighted by Gasteiger charge is -2.06. The van der Waals surface area contributed by atoms with Crippen LogP contribution in [-0.4, -0.2) is 39.3 Å². The van der Waals surface area contributed by atoms with Crippen LogP contribution in [0.3, 0.4) is 0 Å². The molecule has 0 bridgehead atoms. The van der Waals surface area contributed by atoms with Crippen LogP contribution >= 0.6 is 23.7 Å². The van der Waals surface area contributed by atoms with Gasteiger partial charge in [0, 0.05) is 37.9 Å². The summed E-state index contributed by atoms with van der Waals surface area (Å²) >= 11 is 1.78. The predicted octanol–water partition coefficient (Wildman–Crippen LogP) is 3.00. The Bertz CT molecular complexity index is 589. The molecule has 4 nitrogen and oxygen atoms in total. The maximum atomic E-state index is 11.8. The Morgan fingerprint density at radius 3 is 2.87 bits per heavy atom. The van der Waals surface area contributed by atoms with E-state index < -0.39 is 0 Å². The zero-order valence-electron chi connectivity index (χ0n) is 13.5. The van der Waals surface area contributed by atoms with Gasteiger partial charge >= 0.3 is 0 Å². The number of hydrogen-bond acceptors (Lipinski definition) is 4. The van der Waals surface area contributed by atoms with E-state index in [1.54, 1.807) is 18.4 Å². The monoisotopic (exact) mass is 356 g/mol. The van der Waals surface area contributed by atoms with Crippen molar-refractivity contribution < 1.29 is 9.53 Å². The molecule has 2 rings (SSSR count). The Labute approximate surface area is 148 Å². The van der Waals surface area contributed by atoms with Crippen LogP contribution in [0.4, 0.5) is 0 Å². The maximum absolute atomic E-state index is 11.8. The Kier molecular flexibility index (Phi) is 9.87. The molecule has 1 aromatic heterocycles. The molecule has 0 spiro atoms. The van der Waals surface area contributed by atoms with Gasteiger partial charge in [-0.3, -0.25) is 4.79 Å². The van der Waals surface area contributed by atoms with Crippen molar-refractivity contribution in [1.29, 1.82) is 0 Å². The first-order chi connectivity index (χ1) is 10.8. The van der Waals surface area contributed by atoms with Gasteiger partial charge in [0.15, 0.2) is 0 Å². The number of halogens is 1. The minimum atomic E-state index is 0. The molecule has 0 unspecified atom stereocenters. The van der Waals surface area contributed by atoms with Gasteiger partial charge in [-0.15, -0.1) is 23.7 Å². The highest BCUT2D eigenvalue weighted by molar-refractivity contribution is 7.17. The number of amides is 1. The summed E-state index contributed by atoms with van der Waals surface area (Å²) in [5.41, 5.74) is 1.36. The summed E-state index contributed by atoms with van der Waals surface area (Å²) in [4.78, 5) is 11.8. The Morgan fingerprint density at radius 1 is 1.22 bits per heavy atom. The van der Waals surface area contributed by atoms with Crippen LogP contribution in [0, 0.1) is 0 Å². The van der Waals surface area contributed by atoms with E-state index in [4.69, 9.17) is 4.74 Å². The van der Waals surface area contributed by atoms with Crippen LogP contribution in [0.1, 0.15) is 18.4 Å². The van der Waals surface area contributed by atoms with Crippen LogP contribution in [0.2, 0.25) is 0 Å². The second-order valence-electron chi connectivity index (χ2n) is 5.20. The molecule has 6 heteroatoms. The molecule has 2 N–H and O–H groups in total. The van der Waals surface area contributed by atoms with Crippen molar-refractivity contribution in [2.24, 2.45) is 0 Å². The lowest BCUT2D eigenvalue weighted by molar-refractivity contribution is -0.121. The van der Waals surface area contributed by atoms with Crippen LogP contribution in [-0.2, 0) is 16.0 Å². The number of aryl methyl sites for hydroxylation is 1. The number of nitrogens with one attached hydrogen (secondary N) is 2. The Morgan fingerprint density at radius 2 is 2.04 bits per heavy atom. The first-order valence-corrected chi connectivity index (χ1v) is 8.60. The highest BCUT2D eigenvalue weighted by atomic mass is 35.5. The minimum Gasteiger partial charge on any atom is -0.383 e. The van der Waals surface area contributed by atoms with E-state index in [1.165, 1.54) is 15.6 Å². The van der Waals surface area contributed by atoms with E-state index >= 15 is 0 Å². The van der Waals surface area contributed by atoms with Crippen molar-refractivity contribution in [2.45, 2.75) is 19.3 Å². The third-order valence-corrected chi connectivity index (χ3v) is 4.53. The predicted molar refractivity (Wildman–Crippen MR) is 99.8 cm³/mol. The minimum absolute atomic E-state index is 0. The molecule has 1 aromatic carbocycles. The van der Waals surface area contributed by atoms with Gasteiger partial charge in [0.05, 0.1) is 6.61 Å². The van der Waals surface area contributed by atoms with Gasteiger partial charge in [-0.05, 0) is 35.2 Å². The van der Waals surface area contributed by atoms with Crippen molar-refractivity contribution in [3.63, 3.8) is 0 Å². The number of benzene rings is 1. The van der Waals surface area contributed by atoms with Gasteiger partial charge in [0.2, 0.25) is 5.91 Å². The molecule has 128 valence electrons. The van der Waals surface area contributed by atoms with Gasteiger partial charge < -0.3 is 15.4 Å². The van der Waals surface area contributed by atoms with Crippen molar-refractivity contribution in [1.82, 2.24) is 10.6 Å². The third kappa shape index (κ3) is 6.87. The molecule has 0 saturated carbocycles. The number of thiophene rings is 1. The Balaban J connectivity index is 0.00000264. The fourth-order valence-electron chi connectivity index (χ4n) is 2.34. The average Bonchev–Trinajstić information content (AvgIpc) is 2.94. The molecule has 0 atom stereocenters. The largest absolute Gasteiger partial charge is 0.383 e. The quantitative estimate of drug-likeness (QED) is 0.643. The zero-order valence-corrected chi connectivity index (χ0v) is 15.1. The first-order valence-electron chi connectivity index (χ1n) is 7.72. The van der Waals surface area contributed by atoms with Gasteiger partial charge in [0.25, 0.3) is 0 Å². The van der Waals surface area contributed by atoms with Gasteiger partial charge in [0.1, 0.15) is 0 Å². The van der Waals surface area contributed by atoms with Gasteiger partial charge in [-0.1, -0.05) is 18.2 Å². The van der Waals surface area contributed by atoms with Gasteiger partial charge in [-0.25, -0.2) is 0 Å². The molecule has 0 aliphatic heterocycles. The molecule has 0 fully saturated rings. The van der Waals surface area contributed by atoms with Crippen LogP contribution in [0.15, 0.2) is 29.6 Å². The molecule has 0 saturated heterocycles. The zero-order chi connectivity index (χ0) is 15.6. The number of rotatable bonds is 10. The summed E-state index contributed by atoms with van der Waals surface area (Å²) in [7, 11) is 1.68. The fraction of sp³-hybridized carbons (Fsp3) is 0.471. The van der Waals surface area contributed by atoms with E-state index in [0.717, 1.165) is 25.9 Å². The van der Waals surface area contributed by atoms with Crippen molar-refractivity contribution in [3.05, 3.63) is 35.2 Å². The molecule has 2 aromatic rings. The fourth-order valence-corrected chi connectivity index (χ4v) is 3.34. The van der Waals surface area contributed by atoms with E-state index in [0.29, 0.717) is 19.6 Å². The number of methoxy groups -OCH3 is 1. The topological polar surface area (TPSA) is 50.4 Å². The van der Waals surface area contributed by atoms with E-state index in [2.05, 4.69) is 40.3 Å². The number of hydrogen-bond donors (Lipinski definition) is 2. The van der Waals surface area contributed by atoms with E-state index in [9.17, 15) is 4.79 Å². The average molecular weight is 357 g/mol. The second-order valence-corrected chi connectivity index (χ2v) is 6.11. The first kappa shape index (κ1) is 19.9. The third-order valence-electron chi connectivity index (χ3n) is 3.52. The number of carbonyl (C=O) groups is 1. The normalized spacial score (nSPS) is 10.5. The lowest BCUT2D eigenvalue weighted by atomic mass is 10.1. The summed E-state index contributed by atoms with van der Waals surface area (Å²) in [5.74, 6) is 0.132. The summed E-state index contributed by atoms with van der Waals surface area (Å²) < 4.78 is 6.26. The number of fused-ring (bicyclic) bond motifs is 1. The molecular formula is C17H25ClN2O2S. The Hall–Kier alpha value is -1.14. The standard InChI is InChI=1S/C17H24N2O2S.ClH/c1-21-12-11-18-9-10-19-17(20)8-4-5-14-13-22-16-7-3-2-6-15(14)16;/h2-3,6-7,13,18H,4-5,8-12H2,1H3,(H,19,20);1H. The molecule has 23 heavy (non-hydrogen) atoms. The maximum Gasteiger partial charge on any atom is 0.220 e. The van der Waals surface area contributed by atoms with Crippen molar-refractivity contribution >= 4 is 39.7 Å². The van der Waals surface area contributed by atoms with Crippen molar-refractivity contribution in [3.8, 4) is 0 Å². The molecule has 1 heterocycles. The van der Waals surface area contributed by atoms with Gasteiger partial charge in [-0.2, -0.15) is 0 Å². The molecule has 0 aliphatic carbocycles. The van der Waals surface area contributed by atoms with E-state index in [-0.39, 0.29) is 18.3 Å². The highest BCUT2D eigenvalue weighted by Crippen LogP contribution is 2.26. The molecular weight excluding hydrogens is 332 g/mol. The summed E-state index contributed by atoms with van der Waals surface area (Å²) in [5, 5.41) is 9.68. The molecule has 0 aliphatic rings. The number of ether oxygens (including phenoxy) is 1. The van der Waals surface area contributed by atoms with Crippen LogP contribution < -0.4 is 10.6 Å². The van der Waals surface area contributed by atoms with Crippen LogP contribution in [0.5, 0.6) is 0 Å². The highest BCUT2D eigenvalue weighted by Gasteiger charge is 2.05. The molecule has 0 radical (unpaired) electrons. The summed E-state index contributed by atoms with van der Waals surface area (Å²) in [6.45, 7) is 2.97. The summed E-state index contributed by atoms with van der Waals surface area (Å²) in [6.07, 6.45) is 2.44. The second kappa shape index (κ2) is 11.4. The number of carbonyl (C=O) groups excluding carboxylic acids is 1.